The van der Waals surface area contributed by atoms with Crippen molar-refractivity contribution < 1.29 is 13.9 Å². The summed E-state index contributed by atoms with van der Waals surface area (Å²) in [6, 6.07) is 24.4. The molecule has 152 valence electrons. The molecule has 0 aliphatic carbocycles. The lowest BCUT2D eigenvalue weighted by atomic mass is 10.0. The number of hydrogen-bond donors (Lipinski definition) is 1. The minimum absolute atomic E-state index is 0.0549. The average molecular weight is 422 g/mol. The largest absolute Gasteiger partial charge is 0.497 e. The Morgan fingerprint density at radius 1 is 0.867 bits per heavy atom. The van der Waals surface area contributed by atoms with Crippen LogP contribution < -0.4 is 14.8 Å². The molecule has 0 radical (unpaired) electrons. The molecule has 0 bridgehead atoms. The van der Waals surface area contributed by atoms with Gasteiger partial charge in [-0.3, -0.25) is 0 Å². The van der Waals surface area contributed by atoms with Gasteiger partial charge in [-0.1, -0.05) is 48.0 Å². The van der Waals surface area contributed by atoms with E-state index in [-0.39, 0.29) is 12.4 Å². The second-order valence-corrected chi connectivity index (χ2v) is 7.24. The Balaban J connectivity index is 1.62. The lowest BCUT2D eigenvalue weighted by molar-refractivity contribution is 0.297. The van der Waals surface area contributed by atoms with E-state index in [2.05, 4.69) is 17.4 Å². The van der Waals surface area contributed by atoms with Crippen molar-refractivity contribution >= 4 is 28.1 Å². The average Bonchev–Trinajstić information content (AvgIpc) is 2.78. The molecule has 0 unspecified atom stereocenters. The van der Waals surface area contributed by atoms with Gasteiger partial charge in [0.15, 0.2) is 0 Å². The molecule has 4 aromatic rings. The zero-order valence-corrected chi connectivity index (χ0v) is 17.2. The lowest BCUT2D eigenvalue weighted by Crippen LogP contribution is -2.06. The van der Waals surface area contributed by atoms with Crippen LogP contribution in [0, 0.1) is 5.82 Å². The molecule has 0 aliphatic heterocycles. The second-order valence-electron chi connectivity index (χ2n) is 6.83. The topological polar surface area (TPSA) is 30.5 Å². The van der Waals surface area contributed by atoms with Crippen molar-refractivity contribution in [3.05, 3.63) is 101 Å². The maximum Gasteiger partial charge on any atom is 0.131 e. The smallest absolute Gasteiger partial charge is 0.131 e. The summed E-state index contributed by atoms with van der Waals surface area (Å²) < 4.78 is 25.4. The molecule has 3 nitrogen and oxygen atoms in total. The molecule has 0 heterocycles. The summed E-state index contributed by atoms with van der Waals surface area (Å²) in [6.07, 6.45) is 0. The fourth-order valence-corrected chi connectivity index (χ4v) is 3.57. The third-order valence-electron chi connectivity index (χ3n) is 4.99. The van der Waals surface area contributed by atoms with E-state index in [9.17, 15) is 4.39 Å². The highest BCUT2D eigenvalue weighted by atomic mass is 35.5. The van der Waals surface area contributed by atoms with E-state index in [4.69, 9.17) is 21.1 Å². The second kappa shape index (κ2) is 9.06. The van der Waals surface area contributed by atoms with Crippen molar-refractivity contribution in [3.63, 3.8) is 0 Å². The van der Waals surface area contributed by atoms with Crippen molar-refractivity contribution in [1.82, 2.24) is 0 Å². The van der Waals surface area contributed by atoms with E-state index < -0.39 is 0 Å². The SMILES string of the molecule is COc1ccc(NCc2c(OCc3c(F)cccc3Cl)ccc3ccccc23)cc1. The molecule has 0 aromatic heterocycles. The van der Waals surface area contributed by atoms with E-state index in [0.717, 1.165) is 27.8 Å². The van der Waals surface area contributed by atoms with Crippen molar-refractivity contribution in [2.45, 2.75) is 13.2 Å². The number of benzene rings is 4. The molecule has 0 atom stereocenters. The molecule has 30 heavy (non-hydrogen) atoms. The summed E-state index contributed by atoms with van der Waals surface area (Å²) in [4.78, 5) is 0. The fraction of sp³-hybridized carbons (Fsp3) is 0.120. The molecule has 0 fully saturated rings. The summed E-state index contributed by atoms with van der Waals surface area (Å²) >= 11 is 6.15. The number of halogens is 2. The number of methoxy groups -OCH3 is 1. The van der Waals surface area contributed by atoms with Crippen LogP contribution in [-0.4, -0.2) is 7.11 Å². The predicted octanol–water partition coefficient (Wildman–Crippen LogP) is 6.83. The zero-order valence-electron chi connectivity index (χ0n) is 16.5. The van der Waals surface area contributed by atoms with Gasteiger partial charge in [-0.2, -0.15) is 0 Å². The number of rotatable bonds is 7. The Bertz CT molecular complexity index is 1140. The minimum atomic E-state index is -0.374. The van der Waals surface area contributed by atoms with Gasteiger partial charge in [0.25, 0.3) is 0 Å². The van der Waals surface area contributed by atoms with E-state index in [1.165, 1.54) is 6.07 Å². The van der Waals surface area contributed by atoms with Gasteiger partial charge in [-0.25, -0.2) is 4.39 Å². The Kier molecular flexibility index (Phi) is 6.05. The molecular formula is C25H21ClFNO2. The van der Waals surface area contributed by atoms with Crippen LogP contribution in [0.5, 0.6) is 11.5 Å². The van der Waals surface area contributed by atoms with Crippen LogP contribution in [0.25, 0.3) is 10.8 Å². The number of nitrogens with one attached hydrogen (secondary N) is 1. The van der Waals surface area contributed by atoms with Crippen LogP contribution in [0.1, 0.15) is 11.1 Å². The van der Waals surface area contributed by atoms with Crippen LogP contribution in [0.4, 0.5) is 10.1 Å². The summed E-state index contributed by atoms with van der Waals surface area (Å²) in [5.41, 5.74) is 2.31. The highest BCUT2D eigenvalue weighted by Crippen LogP contribution is 2.31. The fourth-order valence-electron chi connectivity index (χ4n) is 3.35. The maximum absolute atomic E-state index is 14.2. The quantitative estimate of drug-likeness (QED) is 0.354. The van der Waals surface area contributed by atoms with Gasteiger partial charge in [0, 0.05) is 23.4 Å². The Morgan fingerprint density at radius 3 is 2.43 bits per heavy atom. The third-order valence-corrected chi connectivity index (χ3v) is 5.34. The van der Waals surface area contributed by atoms with Gasteiger partial charge in [0.2, 0.25) is 0 Å². The predicted molar refractivity (Wildman–Crippen MR) is 120 cm³/mol. The molecule has 4 aromatic carbocycles. The number of fused-ring (bicyclic) bond motifs is 1. The summed E-state index contributed by atoms with van der Waals surface area (Å²) in [5.74, 6) is 1.12. The van der Waals surface area contributed by atoms with E-state index in [1.807, 2.05) is 48.5 Å². The normalized spacial score (nSPS) is 10.8. The maximum atomic E-state index is 14.2. The summed E-state index contributed by atoms with van der Waals surface area (Å²) in [6.45, 7) is 0.605. The van der Waals surface area contributed by atoms with E-state index >= 15 is 0 Å². The van der Waals surface area contributed by atoms with Crippen LogP contribution in [0.3, 0.4) is 0 Å². The zero-order chi connectivity index (χ0) is 20.9. The first-order chi connectivity index (χ1) is 14.7. The first-order valence-corrected chi connectivity index (χ1v) is 9.98. The van der Waals surface area contributed by atoms with Gasteiger partial charge in [0.1, 0.15) is 23.9 Å². The monoisotopic (exact) mass is 421 g/mol. The summed E-state index contributed by atoms with van der Waals surface area (Å²) in [7, 11) is 1.64. The molecule has 0 saturated carbocycles. The molecule has 0 aliphatic rings. The highest BCUT2D eigenvalue weighted by molar-refractivity contribution is 6.31. The van der Waals surface area contributed by atoms with Crippen molar-refractivity contribution in [3.8, 4) is 11.5 Å². The minimum Gasteiger partial charge on any atom is -0.497 e. The number of hydrogen-bond acceptors (Lipinski definition) is 3. The van der Waals surface area contributed by atoms with Crippen molar-refractivity contribution in [1.29, 1.82) is 0 Å². The lowest BCUT2D eigenvalue weighted by Gasteiger charge is -2.16. The van der Waals surface area contributed by atoms with Crippen molar-refractivity contribution in [2.75, 3.05) is 12.4 Å². The van der Waals surface area contributed by atoms with Crippen LogP contribution in [0.2, 0.25) is 5.02 Å². The summed E-state index contributed by atoms with van der Waals surface area (Å²) in [5, 5.41) is 5.98. The highest BCUT2D eigenvalue weighted by Gasteiger charge is 2.12. The van der Waals surface area contributed by atoms with E-state index in [1.54, 1.807) is 19.2 Å². The Labute approximate surface area is 180 Å². The van der Waals surface area contributed by atoms with Crippen molar-refractivity contribution in [2.24, 2.45) is 0 Å². The molecular weight excluding hydrogens is 401 g/mol. The van der Waals surface area contributed by atoms with Gasteiger partial charge in [-0.15, -0.1) is 0 Å². The van der Waals surface area contributed by atoms with Crippen LogP contribution >= 0.6 is 11.6 Å². The van der Waals surface area contributed by atoms with Gasteiger partial charge >= 0.3 is 0 Å². The Hall–Kier alpha value is -3.24. The molecule has 0 spiro atoms. The number of ether oxygens (including phenoxy) is 2. The first kappa shape index (κ1) is 20.0. The Morgan fingerprint density at radius 2 is 1.67 bits per heavy atom. The third kappa shape index (κ3) is 4.34. The molecule has 5 heteroatoms. The first-order valence-electron chi connectivity index (χ1n) is 9.60. The van der Waals surface area contributed by atoms with Gasteiger partial charge in [-0.05, 0) is 53.2 Å². The van der Waals surface area contributed by atoms with E-state index in [0.29, 0.717) is 22.9 Å². The molecule has 4 rings (SSSR count). The standard InChI is InChI=1S/C25H21ClFNO2/c1-29-19-12-10-18(11-13-19)28-15-21-20-6-3-2-5-17(20)9-14-25(21)30-16-22-23(26)7-4-8-24(22)27/h2-14,28H,15-16H2,1H3. The molecule has 0 saturated heterocycles. The van der Waals surface area contributed by atoms with Gasteiger partial charge < -0.3 is 14.8 Å². The molecule has 1 N–H and O–H groups in total. The molecule has 0 amide bonds. The number of anilines is 1. The van der Waals surface area contributed by atoms with Crippen LogP contribution in [0.15, 0.2) is 78.9 Å². The van der Waals surface area contributed by atoms with Gasteiger partial charge in [0.05, 0.1) is 12.1 Å². The van der Waals surface area contributed by atoms with Crippen LogP contribution in [-0.2, 0) is 13.2 Å².